The van der Waals surface area contributed by atoms with Gasteiger partial charge in [0.05, 0.1) is 24.4 Å². The molecule has 0 aliphatic rings. The third kappa shape index (κ3) is 4.21. The van der Waals surface area contributed by atoms with Crippen LogP contribution < -0.4 is 5.32 Å². The molecule has 28 heavy (non-hydrogen) atoms. The fourth-order valence-electron chi connectivity index (χ4n) is 2.43. The molecule has 0 radical (unpaired) electrons. The highest BCUT2D eigenvalue weighted by Gasteiger charge is 2.21. The number of hydrogen-bond acceptors (Lipinski definition) is 6. The van der Waals surface area contributed by atoms with Gasteiger partial charge in [-0.05, 0) is 36.8 Å². The molecule has 3 rings (SSSR count). The summed E-state index contributed by atoms with van der Waals surface area (Å²) in [5.41, 5.74) is 1.97. The fraction of sp³-hybridized carbons (Fsp3) is 0.158. The van der Waals surface area contributed by atoms with E-state index in [0.29, 0.717) is 12.1 Å². The minimum atomic E-state index is -0.736. The van der Waals surface area contributed by atoms with E-state index in [2.05, 4.69) is 20.3 Å². The molecule has 0 fully saturated rings. The second kappa shape index (κ2) is 8.50. The summed E-state index contributed by atoms with van der Waals surface area (Å²) in [6.07, 6.45) is 1.67. The highest BCUT2D eigenvalue weighted by Crippen LogP contribution is 2.29. The number of carbonyl (C=O) groups is 1. The summed E-state index contributed by atoms with van der Waals surface area (Å²) >= 11 is 12.0. The van der Waals surface area contributed by atoms with Crippen molar-refractivity contribution in [3.63, 3.8) is 0 Å². The Morgan fingerprint density at radius 1 is 1.25 bits per heavy atom. The van der Waals surface area contributed by atoms with Gasteiger partial charge in [0.2, 0.25) is 0 Å². The van der Waals surface area contributed by atoms with E-state index < -0.39 is 11.8 Å². The zero-order chi connectivity index (χ0) is 20.3. The van der Waals surface area contributed by atoms with Gasteiger partial charge in [0.25, 0.3) is 0 Å². The number of pyridine rings is 1. The van der Waals surface area contributed by atoms with Crippen LogP contribution in [-0.2, 0) is 11.3 Å². The first-order chi connectivity index (χ1) is 13.4. The summed E-state index contributed by atoms with van der Waals surface area (Å²) < 4.78 is 18.6. The van der Waals surface area contributed by atoms with Crippen LogP contribution in [0.3, 0.4) is 0 Å². The van der Waals surface area contributed by atoms with Gasteiger partial charge in [0.1, 0.15) is 16.7 Å². The van der Waals surface area contributed by atoms with E-state index in [0.717, 1.165) is 11.3 Å². The van der Waals surface area contributed by atoms with E-state index in [1.807, 2.05) is 19.1 Å². The summed E-state index contributed by atoms with van der Waals surface area (Å²) in [4.78, 5) is 24.9. The summed E-state index contributed by atoms with van der Waals surface area (Å²) in [5, 5.41) is 3.02. The van der Waals surface area contributed by atoms with E-state index >= 15 is 0 Å². The number of benzene rings is 1. The van der Waals surface area contributed by atoms with Crippen molar-refractivity contribution in [1.82, 2.24) is 15.0 Å². The van der Waals surface area contributed by atoms with Crippen LogP contribution in [0.2, 0.25) is 10.0 Å². The van der Waals surface area contributed by atoms with E-state index in [1.165, 1.54) is 19.2 Å². The van der Waals surface area contributed by atoms with Gasteiger partial charge < -0.3 is 10.1 Å². The number of esters is 1. The number of nitrogens with one attached hydrogen (secondary N) is 1. The smallest absolute Gasteiger partial charge is 0.358 e. The Hall–Kier alpha value is -2.77. The van der Waals surface area contributed by atoms with Crippen molar-refractivity contribution in [2.24, 2.45) is 0 Å². The summed E-state index contributed by atoms with van der Waals surface area (Å²) in [6.45, 7) is 2.24. The molecule has 0 spiro atoms. The topological polar surface area (TPSA) is 77.0 Å². The zero-order valence-corrected chi connectivity index (χ0v) is 16.5. The first-order valence-electron chi connectivity index (χ1n) is 8.16. The lowest BCUT2D eigenvalue weighted by molar-refractivity contribution is 0.0594. The van der Waals surface area contributed by atoms with Gasteiger partial charge in [-0.2, -0.15) is 0 Å². The maximum Gasteiger partial charge on any atom is 0.358 e. The van der Waals surface area contributed by atoms with Crippen LogP contribution in [0.25, 0.3) is 11.4 Å². The monoisotopic (exact) mass is 420 g/mol. The third-order valence-electron chi connectivity index (χ3n) is 3.95. The van der Waals surface area contributed by atoms with Crippen LogP contribution >= 0.6 is 23.2 Å². The van der Waals surface area contributed by atoms with Gasteiger partial charge >= 0.3 is 5.97 Å². The molecule has 2 aromatic heterocycles. The fourth-order valence-corrected chi connectivity index (χ4v) is 2.78. The van der Waals surface area contributed by atoms with Crippen molar-refractivity contribution in [3.05, 3.63) is 69.3 Å². The van der Waals surface area contributed by atoms with Crippen molar-refractivity contribution in [1.29, 1.82) is 0 Å². The average Bonchev–Trinajstić information content (AvgIpc) is 2.69. The van der Waals surface area contributed by atoms with Crippen LogP contribution in [0.4, 0.5) is 10.2 Å². The molecule has 1 aromatic carbocycles. The molecule has 0 unspecified atom stereocenters. The molecule has 9 heteroatoms. The molecule has 0 amide bonds. The summed E-state index contributed by atoms with van der Waals surface area (Å²) in [5.74, 6) is -1.07. The van der Waals surface area contributed by atoms with Gasteiger partial charge in [-0.15, -0.1) is 0 Å². The Morgan fingerprint density at radius 2 is 2.04 bits per heavy atom. The van der Waals surface area contributed by atoms with Crippen LogP contribution in [0.15, 0.2) is 36.5 Å². The number of ether oxygens (including phenoxy) is 1. The van der Waals surface area contributed by atoms with Gasteiger partial charge in [-0.3, -0.25) is 4.98 Å². The molecule has 1 N–H and O–H groups in total. The lowest BCUT2D eigenvalue weighted by atomic mass is 10.2. The molecule has 0 aliphatic carbocycles. The molecular weight excluding hydrogens is 406 g/mol. The van der Waals surface area contributed by atoms with Crippen molar-refractivity contribution < 1.29 is 13.9 Å². The Kier molecular flexibility index (Phi) is 6.06. The van der Waals surface area contributed by atoms with E-state index in [-0.39, 0.29) is 27.4 Å². The van der Waals surface area contributed by atoms with Gasteiger partial charge in [0.15, 0.2) is 11.5 Å². The summed E-state index contributed by atoms with van der Waals surface area (Å²) in [7, 11) is 1.22. The second-order valence-electron chi connectivity index (χ2n) is 5.80. The lowest BCUT2D eigenvalue weighted by Gasteiger charge is -2.13. The summed E-state index contributed by atoms with van der Waals surface area (Å²) in [6, 6.07) is 7.86. The molecule has 3 aromatic rings. The van der Waals surface area contributed by atoms with Gasteiger partial charge in [0, 0.05) is 11.8 Å². The van der Waals surface area contributed by atoms with Crippen LogP contribution in [0.5, 0.6) is 0 Å². The van der Waals surface area contributed by atoms with E-state index in [4.69, 9.17) is 27.9 Å². The molecular formula is C19H15Cl2FN4O2. The minimum Gasteiger partial charge on any atom is -0.464 e. The van der Waals surface area contributed by atoms with Gasteiger partial charge in [-0.1, -0.05) is 29.3 Å². The molecule has 0 saturated heterocycles. The van der Waals surface area contributed by atoms with Crippen molar-refractivity contribution in [2.75, 3.05) is 12.4 Å². The largest absolute Gasteiger partial charge is 0.464 e. The standard InChI is InChI=1S/C19H15Cl2FN4O2/c1-10-4-3-7-23-14(10)9-24-18-15(21)16(19(27)28-2)25-17(26-18)11-5-6-12(20)13(22)8-11/h3-8H,9H2,1-2H3,(H,24,25,26). The maximum atomic E-state index is 13.9. The molecule has 0 bridgehead atoms. The molecule has 0 aliphatic heterocycles. The quantitative estimate of drug-likeness (QED) is 0.603. The molecule has 0 saturated carbocycles. The van der Waals surface area contributed by atoms with E-state index in [9.17, 15) is 9.18 Å². The van der Waals surface area contributed by atoms with Gasteiger partial charge in [-0.25, -0.2) is 19.2 Å². The highest BCUT2D eigenvalue weighted by atomic mass is 35.5. The number of hydrogen-bond donors (Lipinski definition) is 1. The highest BCUT2D eigenvalue weighted by molar-refractivity contribution is 6.35. The van der Waals surface area contributed by atoms with Crippen LogP contribution in [-0.4, -0.2) is 28.0 Å². The lowest BCUT2D eigenvalue weighted by Crippen LogP contribution is -2.12. The number of rotatable bonds is 5. The Bertz CT molecular complexity index is 1050. The number of halogens is 3. The average molecular weight is 421 g/mol. The predicted molar refractivity (Wildman–Crippen MR) is 105 cm³/mol. The predicted octanol–water partition coefficient (Wildman–Crippen LogP) is 4.69. The molecule has 144 valence electrons. The first-order valence-corrected chi connectivity index (χ1v) is 8.92. The Morgan fingerprint density at radius 3 is 2.71 bits per heavy atom. The second-order valence-corrected chi connectivity index (χ2v) is 6.58. The molecule has 6 nitrogen and oxygen atoms in total. The van der Waals surface area contributed by atoms with Crippen molar-refractivity contribution in [3.8, 4) is 11.4 Å². The minimum absolute atomic E-state index is 0.00128. The zero-order valence-electron chi connectivity index (χ0n) is 15.0. The Labute approximate surface area is 170 Å². The number of carbonyl (C=O) groups excluding carboxylic acids is 1. The normalized spacial score (nSPS) is 10.6. The number of nitrogens with zero attached hydrogens (tertiary/aromatic N) is 3. The molecule has 2 heterocycles. The SMILES string of the molecule is COC(=O)c1nc(-c2ccc(Cl)c(F)c2)nc(NCc2ncccc2C)c1Cl. The van der Waals surface area contributed by atoms with Crippen LogP contribution in [0, 0.1) is 12.7 Å². The maximum absolute atomic E-state index is 13.9. The number of aryl methyl sites for hydroxylation is 1. The number of aromatic nitrogens is 3. The van der Waals surface area contributed by atoms with Crippen molar-refractivity contribution in [2.45, 2.75) is 13.5 Å². The number of anilines is 1. The Balaban J connectivity index is 2.03. The number of methoxy groups -OCH3 is 1. The van der Waals surface area contributed by atoms with Crippen LogP contribution in [0.1, 0.15) is 21.7 Å². The first kappa shape index (κ1) is 20.0. The third-order valence-corrected chi connectivity index (χ3v) is 4.61. The van der Waals surface area contributed by atoms with E-state index in [1.54, 1.807) is 12.3 Å². The van der Waals surface area contributed by atoms with Crippen molar-refractivity contribution >= 4 is 35.0 Å². The molecule has 0 atom stereocenters.